The molecule has 6 nitrogen and oxygen atoms in total. The van der Waals surface area contributed by atoms with E-state index in [0.717, 1.165) is 0 Å². The van der Waals surface area contributed by atoms with Gasteiger partial charge in [-0.1, -0.05) is 12.1 Å². The van der Waals surface area contributed by atoms with Crippen LogP contribution in [-0.2, 0) is 27.4 Å². The summed E-state index contributed by atoms with van der Waals surface area (Å²) in [6, 6.07) is 10.0. The summed E-state index contributed by atoms with van der Waals surface area (Å²) in [5, 5.41) is -0.134. The second-order valence-electron chi connectivity index (χ2n) is 5.53. The first kappa shape index (κ1) is 17.1. The lowest BCUT2D eigenvalue weighted by atomic mass is 10.1. The molecule has 0 saturated heterocycles. The van der Waals surface area contributed by atoms with Gasteiger partial charge in [-0.15, -0.1) is 0 Å². The third kappa shape index (κ3) is 3.25. The highest BCUT2D eigenvalue weighted by Crippen LogP contribution is 2.22. The van der Waals surface area contributed by atoms with Crippen molar-refractivity contribution in [3.8, 4) is 0 Å². The molecule has 0 saturated carbocycles. The normalized spacial score (nSPS) is 11.6. The molecular formula is C17H15FN2O4S. The molecule has 1 aromatic heterocycles. The number of imidazole rings is 1. The van der Waals surface area contributed by atoms with Crippen LogP contribution in [0, 0.1) is 5.82 Å². The minimum atomic E-state index is -3.74. The number of benzene rings is 2. The molecule has 0 fully saturated rings. The van der Waals surface area contributed by atoms with Crippen LogP contribution in [-0.4, -0.2) is 31.0 Å². The monoisotopic (exact) mass is 362 g/mol. The molecule has 3 aromatic rings. The summed E-state index contributed by atoms with van der Waals surface area (Å²) in [5.41, 5.74) is 1.65. The molecule has 0 N–H and O–H groups in total. The summed E-state index contributed by atoms with van der Waals surface area (Å²) in [5.74, 6) is -1.24. The standard InChI is InChI=1S/C17H15FN2O4S/c1-20-15-9-13(18)7-8-14(15)19-17(20)25(22,23)10-11-3-5-12(6-4-11)16(21)24-2/h3-9H,10H2,1-2H3. The number of halogens is 1. The van der Waals surface area contributed by atoms with Crippen molar-refractivity contribution in [2.75, 3.05) is 7.11 Å². The largest absolute Gasteiger partial charge is 0.465 e. The van der Waals surface area contributed by atoms with Gasteiger partial charge in [0.25, 0.3) is 0 Å². The second kappa shape index (κ2) is 6.29. The summed E-state index contributed by atoms with van der Waals surface area (Å²) in [6.07, 6.45) is 0. The number of nitrogens with zero attached hydrogens (tertiary/aromatic N) is 2. The summed E-state index contributed by atoms with van der Waals surface area (Å²) in [7, 11) is -0.941. The van der Waals surface area contributed by atoms with Crippen molar-refractivity contribution in [1.82, 2.24) is 9.55 Å². The summed E-state index contributed by atoms with van der Waals surface area (Å²) in [6.45, 7) is 0. The zero-order valence-electron chi connectivity index (χ0n) is 13.6. The number of carbonyl (C=O) groups excluding carboxylic acids is 1. The molecule has 0 unspecified atom stereocenters. The van der Waals surface area contributed by atoms with Gasteiger partial charge >= 0.3 is 5.97 Å². The number of aryl methyl sites for hydroxylation is 1. The minimum Gasteiger partial charge on any atom is -0.465 e. The molecule has 130 valence electrons. The molecule has 3 rings (SSSR count). The van der Waals surface area contributed by atoms with E-state index in [0.29, 0.717) is 22.2 Å². The van der Waals surface area contributed by atoms with E-state index in [-0.39, 0.29) is 10.9 Å². The highest BCUT2D eigenvalue weighted by atomic mass is 32.2. The van der Waals surface area contributed by atoms with Crippen LogP contribution in [0.1, 0.15) is 15.9 Å². The van der Waals surface area contributed by atoms with Crippen LogP contribution in [0.4, 0.5) is 4.39 Å². The van der Waals surface area contributed by atoms with Crippen molar-refractivity contribution in [2.24, 2.45) is 7.05 Å². The first-order valence-corrected chi connectivity index (χ1v) is 8.99. The van der Waals surface area contributed by atoms with Gasteiger partial charge in [0.2, 0.25) is 15.0 Å². The number of carbonyl (C=O) groups is 1. The Kier molecular flexibility index (Phi) is 4.30. The lowest BCUT2D eigenvalue weighted by Gasteiger charge is -2.06. The van der Waals surface area contributed by atoms with E-state index in [1.807, 2.05) is 0 Å². The number of esters is 1. The summed E-state index contributed by atoms with van der Waals surface area (Å²) >= 11 is 0. The molecule has 0 aliphatic carbocycles. The van der Waals surface area contributed by atoms with Crippen molar-refractivity contribution in [3.63, 3.8) is 0 Å². The van der Waals surface area contributed by atoms with Gasteiger partial charge in [0, 0.05) is 7.05 Å². The third-order valence-corrected chi connectivity index (χ3v) is 5.45. The Morgan fingerprint density at radius 1 is 1.20 bits per heavy atom. The van der Waals surface area contributed by atoms with Crippen LogP contribution in [0.3, 0.4) is 0 Å². The Balaban J connectivity index is 1.94. The lowest BCUT2D eigenvalue weighted by molar-refractivity contribution is 0.0600. The van der Waals surface area contributed by atoms with Crippen molar-refractivity contribution >= 4 is 26.8 Å². The highest BCUT2D eigenvalue weighted by Gasteiger charge is 2.23. The number of rotatable bonds is 4. The molecule has 0 amide bonds. The van der Waals surface area contributed by atoms with Gasteiger partial charge in [-0.25, -0.2) is 22.6 Å². The molecule has 0 aliphatic rings. The number of methoxy groups -OCH3 is 1. The number of hydrogen-bond donors (Lipinski definition) is 0. The fourth-order valence-corrected chi connectivity index (χ4v) is 4.07. The maximum absolute atomic E-state index is 13.4. The lowest BCUT2D eigenvalue weighted by Crippen LogP contribution is -2.11. The van der Waals surface area contributed by atoms with Gasteiger partial charge in [-0.05, 0) is 35.9 Å². The van der Waals surface area contributed by atoms with Crippen molar-refractivity contribution in [3.05, 3.63) is 59.4 Å². The zero-order valence-corrected chi connectivity index (χ0v) is 14.4. The van der Waals surface area contributed by atoms with Crippen molar-refractivity contribution in [2.45, 2.75) is 10.9 Å². The number of fused-ring (bicyclic) bond motifs is 1. The van der Waals surface area contributed by atoms with E-state index < -0.39 is 21.6 Å². The number of sulfone groups is 1. The van der Waals surface area contributed by atoms with Crippen LogP contribution in [0.5, 0.6) is 0 Å². The Hall–Kier alpha value is -2.74. The number of aromatic nitrogens is 2. The fourth-order valence-electron chi connectivity index (χ4n) is 2.56. The molecule has 0 spiro atoms. The van der Waals surface area contributed by atoms with E-state index in [1.54, 1.807) is 12.1 Å². The van der Waals surface area contributed by atoms with Crippen molar-refractivity contribution in [1.29, 1.82) is 0 Å². The molecule has 0 atom stereocenters. The third-order valence-electron chi connectivity index (χ3n) is 3.81. The Morgan fingerprint density at radius 3 is 2.52 bits per heavy atom. The maximum atomic E-state index is 13.4. The minimum absolute atomic E-state index is 0.134. The first-order chi connectivity index (χ1) is 11.8. The Morgan fingerprint density at radius 2 is 1.88 bits per heavy atom. The molecule has 25 heavy (non-hydrogen) atoms. The maximum Gasteiger partial charge on any atom is 0.337 e. The molecule has 1 heterocycles. The van der Waals surface area contributed by atoms with Crippen LogP contribution >= 0.6 is 0 Å². The van der Waals surface area contributed by atoms with Gasteiger partial charge in [0.05, 0.1) is 29.5 Å². The average Bonchev–Trinajstić information content (AvgIpc) is 2.92. The van der Waals surface area contributed by atoms with Gasteiger partial charge in [0.15, 0.2) is 0 Å². The summed E-state index contributed by atoms with van der Waals surface area (Å²) in [4.78, 5) is 15.5. The average molecular weight is 362 g/mol. The molecule has 8 heteroatoms. The van der Waals surface area contributed by atoms with E-state index in [2.05, 4.69) is 9.72 Å². The highest BCUT2D eigenvalue weighted by molar-refractivity contribution is 7.90. The second-order valence-corrected chi connectivity index (χ2v) is 7.42. The fraction of sp³-hybridized carbons (Fsp3) is 0.176. The van der Waals surface area contributed by atoms with E-state index >= 15 is 0 Å². The van der Waals surface area contributed by atoms with Gasteiger partial charge in [0.1, 0.15) is 5.82 Å². The molecule has 0 radical (unpaired) electrons. The quantitative estimate of drug-likeness (QED) is 0.666. The molecule has 2 aromatic carbocycles. The number of hydrogen-bond acceptors (Lipinski definition) is 5. The predicted octanol–water partition coefficient (Wildman–Crippen LogP) is 2.47. The van der Waals surface area contributed by atoms with E-state index in [4.69, 9.17) is 0 Å². The van der Waals surface area contributed by atoms with E-state index in [9.17, 15) is 17.6 Å². The van der Waals surface area contributed by atoms with Gasteiger partial charge in [-0.3, -0.25) is 0 Å². The van der Waals surface area contributed by atoms with Gasteiger partial charge in [-0.2, -0.15) is 0 Å². The zero-order chi connectivity index (χ0) is 18.2. The summed E-state index contributed by atoms with van der Waals surface area (Å²) < 4.78 is 44.7. The van der Waals surface area contributed by atoms with Crippen LogP contribution in [0.25, 0.3) is 11.0 Å². The van der Waals surface area contributed by atoms with Crippen LogP contribution in [0.15, 0.2) is 47.6 Å². The predicted molar refractivity (Wildman–Crippen MR) is 89.3 cm³/mol. The van der Waals surface area contributed by atoms with E-state index in [1.165, 1.54) is 49.1 Å². The van der Waals surface area contributed by atoms with Gasteiger partial charge < -0.3 is 9.30 Å². The number of ether oxygens (including phenoxy) is 1. The molecule has 0 bridgehead atoms. The Bertz CT molecular complexity index is 1060. The topological polar surface area (TPSA) is 78.3 Å². The first-order valence-electron chi connectivity index (χ1n) is 7.34. The SMILES string of the molecule is COC(=O)c1ccc(CS(=O)(=O)c2nc3ccc(F)cc3n2C)cc1. The smallest absolute Gasteiger partial charge is 0.337 e. The van der Waals surface area contributed by atoms with Crippen LogP contribution < -0.4 is 0 Å². The Labute approximate surface area is 143 Å². The van der Waals surface area contributed by atoms with Crippen molar-refractivity contribution < 1.29 is 22.3 Å². The van der Waals surface area contributed by atoms with Crippen LogP contribution in [0.2, 0.25) is 0 Å². The molecule has 0 aliphatic heterocycles. The molecular weight excluding hydrogens is 347 g/mol.